The molecule has 0 fully saturated rings. The number of aliphatic hydroxyl groups is 1. The van der Waals surface area contributed by atoms with E-state index in [2.05, 4.69) is 48.5 Å². The van der Waals surface area contributed by atoms with Gasteiger partial charge in [0.1, 0.15) is 19.3 Å². The molecule has 0 heterocycles. The van der Waals surface area contributed by atoms with Crippen molar-refractivity contribution < 1.29 is 80.2 Å². The van der Waals surface area contributed by atoms with Gasteiger partial charge in [-0.05, 0) is 43.4 Å². The number of unbranched alkanes of at least 4 members (excludes halogenated alkanes) is 40. The van der Waals surface area contributed by atoms with Crippen molar-refractivity contribution >= 4 is 39.5 Å². The van der Waals surface area contributed by atoms with Crippen molar-refractivity contribution in [3.05, 3.63) is 0 Å². The molecule has 0 aromatic heterocycles. The third kappa shape index (κ3) is 67.6. The van der Waals surface area contributed by atoms with E-state index in [0.29, 0.717) is 25.7 Å². The highest BCUT2D eigenvalue weighted by atomic mass is 31.2. The lowest BCUT2D eigenvalue weighted by Crippen LogP contribution is -2.30. The molecule has 0 radical (unpaired) electrons. The Balaban J connectivity index is 5.25. The Labute approximate surface area is 581 Å². The number of carbonyl (C=O) groups is 4. The van der Waals surface area contributed by atoms with Gasteiger partial charge in [-0.1, -0.05) is 337 Å². The minimum absolute atomic E-state index is 0.104. The first kappa shape index (κ1) is 93.1. The Morgan fingerprint density at radius 3 is 0.800 bits per heavy atom. The molecule has 0 aromatic carbocycles. The average Bonchev–Trinajstić information content (AvgIpc) is 1.19. The lowest BCUT2D eigenvalue weighted by Gasteiger charge is -2.21. The molecular formula is C76H148O17P2. The van der Waals surface area contributed by atoms with E-state index >= 15 is 0 Å². The lowest BCUT2D eigenvalue weighted by molar-refractivity contribution is -0.161. The highest BCUT2D eigenvalue weighted by Crippen LogP contribution is 2.45. The highest BCUT2D eigenvalue weighted by molar-refractivity contribution is 7.47. The molecule has 4 unspecified atom stereocenters. The fraction of sp³-hybridized carbons (Fsp3) is 0.947. The predicted octanol–water partition coefficient (Wildman–Crippen LogP) is 22.2. The van der Waals surface area contributed by atoms with Crippen LogP contribution in [0.25, 0.3) is 0 Å². The van der Waals surface area contributed by atoms with Crippen LogP contribution < -0.4 is 0 Å². The Bertz CT molecular complexity index is 1860. The second-order valence-corrected chi connectivity index (χ2v) is 31.3. The average molecular weight is 1400 g/mol. The van der Waals surface area contributed by atoms with E-state index < -0.39 is 97.5 Å². The number of hydrogen-bond acceptors (Lipinski definition) is 15. The van der Waals surface area contributed by atoms with E-state index in [1.807, 2.05) is 0 Å². The van der Waals surface area contributed by atoms with Gasteiger partial charge < -0.3 is 33.8 Å². The minimum atomic E-state index is -4.96. The van der Waals surface area contributed by atoms with Crippen LogP contribution in [0.5, 0.6) is 0 Å². The summed E-state index contributed by atoms with van der Waals surface area (Å²) in [6.45, 7) is 11.9. The van der Waals surface area contributed by atoms with E-state index in [4.69, 9.17) is 37.0 Å². The molecule has 0 amide bonds. The second-order valence-electron chi connectivity index (χ2n) is 28.4. The fourth-order valence-corrected chi connectivity index (χ4v) is 13.1. The van der Waals surface area contributed by atoms with Gasteiger partial charge >= 0.3 is 39.5 Å². The molecule has 0 aromatic rings. The van der Waals surface area contributed by atoms with Crippen LogP contribution in [0, 0.1) is 17.8 Å². The Kier molecular flexibility index (Phi) is 65.2. The van der Waals surface area contributed by atoms with Crippen molar-refractivity contribution in [1.82, 2.24) is 0 Å². The van der Waals surface area contributed by atoms with Crippen molar-refractivity contribution in [2.75, 3.05) is 39.6 Å². The summed E-state index contributed by atoms with van der Waals surface area (Å²) in [5.41, 5.74) is 0. The molecule has 564 valence electrons. The van der Waals surface area contributed by atoms with Gasteiger partial charge in [-0.3, -0.25) is 37.3 Å². The summed E-state index contributed by atoms with van der Waals surface area (Å²) < 4.78 is 68.5. The molecule has 0 aliphatic carbocycles. The maximum absolute atomic E-state index is 13.1. The molecule has 95 heavy (non-hydrogen) atoms. The topological polar surface area (TPSA) is 237 Å². The van der Waals surface area contributed by atoms with Crippen LogP contribution in [-0.2, 0) is 65.4 Å². The van der Waals surface area contributed by atoms with Crippen LogP contribution in [0.4, 0.5) is 0 Å². The van der Waals surface area contributed by atoms with E-state index in [0.717, 1.165) is 114 Å². The quantitative estimate of drug-likeness (QED) is 0.0222. The summed E-state index contributed by atoms with van der Waals surface area (Å²) in [5.74, 6) is 0.176. The van der Waals surface area contributed by atoms with E-state index in [1.54, 1.807) is 0 Å². The zero-order valence-corrected chi connectivity index (χ0v) is 63.9. The first-order valence-electron chi connectivity index (χ1n) is 39.4. The molecule has 0 spiro atoms. The number of aliphatic hydroxyl groups excluding tert-OH is 1. The molecule has 0 bridgehead atoms. The van der Waals surface area contributed by atoms with Gasteiger partial charge in [0.05, 0.1) is 26.4 Å². The zero-order valence-electron chi connectivity index (χ0n) is 62.1. The van der Waals surface area contributed by atoms with Gasteiger partial charge in [-0.15, -0.1) is 0 Å². The molecule has 0 aliphatic rings. The lowest BCUT2D eigenvalue weighted by atomic mass is 9.99. The van der Waals surface area contributed by atoms with E-state index in [1.165, 1.54) is 193 Å². The van der Waals surface area contributed by atoms with Gasteiger partial charge in [0.15, 0.2) is 12.2 Å². The number of phosphoric ester groups is 2. The fourth-order valence-electron chi connectivity index (χ4n) is 11.5. The molecule has 19 heteroatoms. The SMILES string of the molecule is CCCCCCCCCCCCCCCCCCC(=O)OC[C@H](COP(=O)(O)OC[C@@H](O)COP(=O)(O)OC[C@@H](COC(=O)CCCCCCCCC(C)CC)OC(=O)CCCCCCCCCCC(C)CC)OC(=O)CCCCCCCCCCCCCCCCC(C)C. The molecule has 7 atom stereocenters. The van der Waals surface area contributed by atoms with Crippen LogP contribution in [0.15, 0.2) is 0 Å². The van der Waals surface area contributed by atoms with Crippen molar-refractivity contribution in [1.29, 1.82) is 0 Å². The summed E-state index contributed by atoms with van der Waals surface area (Å²) in [6, 6.07) is 0. The molecular weight excluding hydrogens is 1250 g/mol. The Morgan fingerprint density at radius 1 is 0.305 bits per heavy atom. The number of carbonyl (C=O) groups excluding carboxylic acids is 4. The van der Waals surface area contributed by atoms with Crippen LogP contribution in [0.3, 0.4) is 0 Å². The molecule has 0 saturated carbocycles. The third-order valence-electron chi connectivity index (χ3n) is 18.4. The maximum atomic E-state index is 13.1. The van der Waals surface area contributed by atoms with Crippen LogP contribution in [-0.4, -0.2) is 96.7 Å². The number of esters is 4. The monoisotopic (exact) mass is 1400 g/mol. The molecule has 0 aliphatic heterocycles. The highest BCUT2D eigenvalue weighted by Gasteiger charge is 2.30. The van der Waals surface area contributed by atoms with E-state index in [9.17, 15) is 43.2 Å². The van der Waals surface area contributed by atoms with Crippen LogP contribution >= 0.6 is 15.6 Å². The van der Waals surface area contributed by atoms with Gasteiger partial charge in [0, 0.05) is 25.7 Å². The first-order chi connectivity index (χ1) is 45.8. The predicted molar refractivity (Wildman–Crippen MR) is 386 cm³/mol. The van der Waals surface area contributed by atoms with Gasteiger partial charge in [-0.25, -0.2) is 9.13 Å². The number of phosphoric acid groups is 2. The smallest absolute Gasteiger partial charge is 0.462 e. The zero-order chi connectivity index (χ0) is 70.1. The largest absolute Gasteiger partial charge is 0.472 e. The van der Waals surface area contributed by atoms with Gasteiger partial charge in [0.2, 0.25) is 0 Å². The van der Waals surface area contributed by atoms with Crippen molar-refractivity contribution in [2.24, 2.45) is 17.8 Å². The third-order valence-corrected chi connectivity index (χ3v) is 20.3. The first-order valence-corrected chi connectivity index (χ1v) is 42.4. The maximum Gasteiger partial charge on any atom is 0.472 e. The molecule has 17 nitrogen and oxygen atoms in total. The number of hydrogen-bond donors (Lipinski definition) is 3. The number of rotatable bonds is 74. The Hall–Kier alpha value is -1.94. The van der Waals surface area contributed by atoms with Crippen molar-refractivity contribution in [2.45, 2.75) is 407 Å². The minimum Gasteiger partial charge on any atom is -0.462 e. The summed E-state index contributed by atoms with van der Waals surface area (Å²) in [6.07, 6.45) is 52.7. The van der Waals surface area contributed by atoms with Crippen molar-refractivity contribution in [3.63, 3.8) is 0 Å². The van der Waals surface area contributed by atoms with Gasteiger partial charge in [0.25, 0.3) is 0 Å². The summed E-state index contributed by atoms with van der Waals surface area (Å²) >= 11 is 0. The summed E-state index contributed by atoms with van der Waals surface area (Å²) in [4.78, 5) is 72.8. The standard InChI is InChI=1S/C76H148O17P2/c1-8-11-12-13-14-15-16-17-18-19-23-26-29-35-43-50-57-73(78)86-63-71(92-75(80)59-52-45-36-30-27-24-21-20-22-25-28-33-40-47-54-67(4)5)65-90-94(82,83)88-61-70(77)62-89-95(84,85)91-66-72(64-87-74(79)58-51-44-39-38-42-49-56-69(7)10-3)93-76(81)60-53-46-37-32-31-34-41-48-55-68(6)9-2/h67-72,77H,8-66H2,1-7H3,(H,82,83)(H,84,85)/t68?,69?,70-,71-,72-/m1/s1. The second kappa shape index (κ2) is 66.6. The van der Waals surface area contributed by atoms with Crippen LogP contribution in [0.1, 0.15) is 389 Å². The molecule has 3 N–H and O–H groups in total. The summed E-state index contributed by atoms with van der Waals surface area (Å²) in [7, 11) is -9.91. The van der Waals surface area contributed by atoms with Gasteiger partial charge in [-0.2, -0.15) is 0 Å². The normalized spacial score (nSPS) is 14.6. The summed E-state index contributed by atoms with van der Waals surface area (Å²) in [5, 5.41) is 10.6. The molecule has 0 saturated heterocycles. The number of ether oxygens (including phenoxy) is 4. The van der Waals surface area contributed by atoms with Crippen LogP contribution in [0.2, 0.25) is 0 Å². The van der Waals surface area contributed by atoms with E-state index in [-0.39, 0.29) is 25.7 Å². The molecule has 0 rings (SSSR count). The Morgan fingerprint density at radius 2 is 0.537 bits per heavy atom. The van der Waals surface area contributed by atoms with Crippen molar-refractivity contribution in [3.8, 4) is 0 Å².